The summed E-state index contributed by atoms with van der Waals surface area (Å²) in [6, 6.07) is 5.85. The lowest BCUT2D eigenvalue weighted by Gasteiger charge is -2.34. The Morgan fingerprint density at radius 3 is 2.56 bits per heavy atom. The Morgan fingerprint density at radius 2 is 1.88 bits per heavy atom. The van der Waals surface area contributed by atoms with E-state index < -0.39 is 18.4 Å². The van der Waals surface area contributed by atoms with E-state index in [-0.39, 0.29) is 33.5 Å². The van der Waals surface area contributed by atoms with Gasteiger partial charge in [-0.3, -0.25) is 4.79 Å². The van der Waals surface area contributed by atoms with E-state index in [1.54, 1.807) is 23.4 Å². The molecule has 9 nitrogen and oxygen atoms in total. The molecular formula is C21H19ClFN5O4. The average molecular weight is 460 g/mol. The molecule has 11 heteroatoms. The predicted molar refractivity (Wildman–Crippen MR) is 113 cm³/mol. The fourth-order valence-electron chi connectivity index (χ4n) is 3.41. The number of ether oxygens (including phenoxy) is 1. The maximum absolute atomic E-state index is 14.3. The molecule has 0 bridgehead atoms. The molecule has 1 fully saturated rings. The SMILES string of the molecule is Cc1onc(-c2c(F)cccc2Cl)c1C(=O)OCC(=O)N1CCN(c2ncccn2)CC1. The first kappa shape index (κ1) is 21.7. The zero-order chi connectivity index (χ0) is 22.7. The maximum Gasteiger partial charge on any atom is 0.344 e. The van der Waals surface area contributed by atoms with Crippen LogP contribution in [0.15, 0.2) is 41.2 Å². The Bertz CT molecular complexity index is 1110. The number of aromatic nitrogens is 3. The minimum Gasteiger partial charge on any atom is -0.452 e. The van der Waals surface area contributed by atoms with Crippen LogP contribution in [0.1, 0.15) is 16.1 Å². The van der Waals surface area contributed by atoms with Gasteiger partial charge in [-0.2, -0.15) is 0 Å². The summed E-state index contributed by atoms with van der Waals surface area (Å²) in [6.07, 6.45) is 3.32. The third-order valence-electron chi connectivity index (χ3n) is 5.06. The summed E-state index contributed by atoms with van der Waals surface area (Å²) >= 11 is 6.09. The molecule has 1 amide bonds. The first-order chi connectivity index (χ1) is 15.5. The van der Waals surface area contributed by atoms with Crippen molar-refractivity contribution in [1.29, 1.82) is 0 Å². The van der Waals surface area contributed by atoms with Crippen molar-refractivity contribution >= 4 is 29.4 Å². The minimum atomic E-state index is -0.845. The molecule has 0 aliphatic carbocycles. The summed E-state index contributed by atoms with van der Waals surface area (Å²) in [5.41, 5.74) is -0.209. The van der Waals surface area contributed by atoms with Gasteiger partial charge in [-0.05, 0) is 25.1 Å². The van der Waals surface area contributed by atoms with E-state index in [1.807, 2.05) is 4.90 Å². The van der Waals surface area contributed by atoms with Gasteiger partial charge in [0.15, 0.2) is 6.61 Å². The highest BCUT2D eigenvalue weighted by Gasteiger charge is 2.28. The van der Waals surface area contributed by atoms with Gasteiger partial charge in [0, 0.05) is 38.6 Å². The van der Waals surface area contributed by atoms with Crippen LogP contribution in [0.3, 0.4) is 0 Å². The largest absolute Gasteiger partial charge is 0.452 e. The molecule has 1 aromatic carbocycles. The third kappa shape index (κ3) is 4.40. The maximum atomic E-state index is 14.3. The van der Waals surface area contributed by atoms with E-state index >= 15 is 0 Å². The second-order valence-corrected chi connectivity index (χ2v) is 7.46. The Hall–Kier alpha value is -3.53. The fraction of sp³-hybridized carbons (Fsp3) is 0.286. The number of rotatable bonds is 5. The molecule has 1 aliphatic heterocycles. The first-order valence-electron chi connectivity index (χ1n) is 9.83. The molecule has 4 rings (SSSR count). The van der Waals surface area contributed by atoms with Gasteiger partial charge in [-0.25, -0.2) is 19.2 Å². The van der Waals surface area contributed by atoms with Gasteiger partial charge in [0.2, 0.25) is 5.95 Å². The van der Waals surface area contributed by atoms with Crippen LogP contribution in [0.4, 0.5) is 10.3 Å². The summed E-state index contributed by atoms with van der Waals surface area (Å²) in [6.45, 7) is 3.03. The number of esters is 1. The van der Waals surface area contributed by atoms with Crippen molar-refractivity contribution in [3.05, 3.63) is 58.8 Å². The number of nitrogens with zero attached hydrogens (tertiary/aromatic N) is 5. The highest BCUT2D eigenvalue weighted by Crippen LogP contribution is 2.33. The molecule has 0 unspecified atom stereocenters. The van der Waals surface area contributed by atoms with E-state index in [9.17, 15) is 14.0 Å². The molecule has 32 heavy (non-hydrogen) atoms. The molecule has 166 valence electrons. The monoisotopic (exact) mass is 459 g/mol. The van der Waals surface area contributed by atoms with Crippen molar-refractivity contribution in [3.63, 3.8) is 0 Å². The van der Waals surface area contributed by atoms with Crippen molar-refractivity contribution < 1.29 is 23.2 Å². The number of halogens is 2. The summed E-state index contributed by atoms with van der Waals surface area (Å²) in [4.78, 5) is 37.2. The standard InChI is InChI=1S/C21H19ClFN5O4/c1-13-17(19(26-32-13)18-14(22)4-2-5-15(18)23)20(30)31-12-16(29)27-8-10-28(11-9-27)21-24-6-3-7-25-21/h2-7H,8-12H2,1H3. The number of hydrogen-bond acceptors (Lipinski definition) is 8. The van der Waals surface area contributed by atoms with Gasteiger partial charge in [-0.15, -0.1) is 0 Å². The van der Waals surface area contributed by atoms with Crippen LogP contribution >= 0.6 is 11.6 Å². The van der Waals surface area contributed by atoms with Crippen LogP contribution in [0.25, 0.3) is 11.3 Å². The second-order valence-electron chi connectivity index (χ2n) is 7.05. The van der Waals surface area contributed by atoms with Crippen LogP contribution in [0, 0.1) is 12.7 Å². The van der Waals surface area contributed by atoms with Crippen molar-refractivity contribution in [2.75, 3.05) is 37.7 Å². The molecular weight excluding hydrogens is 441 g/mol. The normalized spacial score (nSPS) is 13.8. The third-order valence-corrected chi connectivity index (χ3v) is 5.38. The molecule has 1 aliphatic rings. The lowest BCUT2D eigenvalue weighted by Crippen LogP contribution is -2.50. The molecule has 0 N–H and O–H groups in total. The zero-order valence-corrected chi connectivity index (χ0v) is 17.9. The van der Waals surface area contributed by atoms with Crippen LogP contribution in [-0.4, -0.2) is 64.7 Å². The highest BCUT2D eigenvalue weighted by molar-refractivity contribution is 6.33. The quantitative estimate of drug-likeness (QED) is 0.537. The molecule has 0 spiro atoms. The number of piperazine rings is 1. The van der Waals surface area contributed by atoms with E-state index in [4.69, 9.17) is 20.9 Å². The van der Waals surface area contributed by atoms with Crippen LogP contribution in [-0.2, 0) is 9.53 Å². The van der Waals surface area contributed by atoms with Crippen molar-refractivity contribution in [2.45, 2.75) is 6.92 Å². The van der Waals surface area contributed by atoms with Gasteiger partial charge >= 0.3 is 5.97 Å². The smallest absolute Gasteiger partial charge is 0.344 e. The van der Waals surface area contributed by atoms with Gasteiger partial charge in [0.05, 0.1) is 10.6 Å². The van der Waals surface area contributed by atoms with Crippen LogP contribution in [0.5, 0.6) is 0 Å². The van der Waals surface area contributed by atoms with Crippen LogP contribution in [0.2, 0.25) is 5.02 Å². The molecule has 3 heterocycles. The van der Waals surface area contributed by atoms with E-state index in [0.717, 1.165) is 0 Å². The topological polar surface area (TPSA) is 102 Å². The molecule has 0 atom stereocenters. The number of benzene rings is 1. The summed E-state index contributed by atoms with van der Waals surface area (Å²) < 4.78 is 24.6. The predicted octanol–water partition coefficient (Wildman–Crippen LogP) is 2.74. The Balaban J connectivity index is 1.39. The van der Waals surface area contributed by atoms with Gasteiger partial charge in [0.25, 0.3) is 5.91 Å². The van der Waals surface area contributed by atoms with Crippen molar-refractivity contribution in [1.82, 2.24) is 20.0 Å². The van der Waals surface area contributed by atoms with Crippen molar-refractivity contribution in [2.24, 2.45) is 0 Å². The van der Waals surface area contributed by atoms with E-state index in [1.165, 1.54) is 25.1 Å². The number of hydrogen-bond donors (Lipinski definition) is 0. The Kier molecular flexibility index (Phi) is 6.31. The summed E-state index contributed by atoms with van der Waals surface area (Å²) in [5.74, 6) is -1.10. The number of carbonyl (C=O) groups is 2. The Labute approximate surface area is 187 Å². The molecule has 3 aromatic rings. The molecule has 0 radical (unpaired) electrons. The molecule has 1 saturated heterocycles. The Morgan fingerprint density at radius 1 is 1.16 bits per heavy atom. The summed E-state index contributed by atoms with van der Waals surface area (Å²) in [5, 5.41) is 3.84. The van der Waals surface area contributed by atoms with Gasteiger partial charge in [0.1, 0.15) is 22.8 Å². The number of amides is 1. The lowest BCUT2D eigenvalue weighted by atomic mass is 10.1. The van der Waals surface area contributed by atoms with E-state index in [0.29, 0.717) is 32.1 Å². The number of carbonyl (C=O) groups excluding carboxylic acids is 2. The first-order valence-corrected chi connectivity index (χ1v) is 10.2. The van der Waals surface area contributed by atoms with Crippen LogP contribution < -0.4 is 4.90 Å². The lowest BCUT2D eigenvalue weighted by molar-refractivity contribution is -0.134. The van der Waals surface area contributed by atoms with Gasteiger partial charge < -0.3 is 19.1 Å². The minimum absolute atomic E-state index is 0.0662. The second kappa shape index (κ2) is 9.31. The average Bonchev–Trinajstić information content (AvgIpc) is 3.19. The van der Waals surface area contributed by atoms with Crippen molar-refractivity contribution in [3.8, 4) is 11.3 Å². The highest BCUT2D eigenvalue weighted by atomic mass is 35.5. The molecule has 0 saturated carbocycles. The fourth-order valence-corrected chi connectivity index (χ4v) is 3.66. The molecule has 2 aromatic heterocycles. The van der Waals surface area contributed by atoms with E-state index in [2.05, 4.69) is 15.1 Å². The summed E-state index contributed by atoms with van der Waals surface area (Å²) in [7, 11) is 0. The number of anilines is 1. The van der Waals surface area contributed by atoms with Gasteiger partial charge in [-0.1, -0.05) is 22.8 Å². The zero-order valence-electron chi connectivity index (χ0n) is 17.1. The number of aryl methyl sites for hydroxylation is 1.